The van der Waals surface area contributed by atoms with Crippen molar-refractivity contribution in [3.63, 3.8) is 0 Å². The largest absolute Gasteiger partial charge is 0.804 e. The van der Waals surface area contributed by atoms with Crippen LogP contribution in [0.5, 0.6) is 0 Å². The Morgan fingerprint density at radius 2 is 1.91 bits per heavy atom. The van der Waals surface area contributed by atoms with Gasteiger partial charge in [-0.1, -0.05) is 52.9 Å². The van der Waals surface area contributed by atoms with Crippen LogP contribution in [0.3, 0.4) is 0 Å². The number of hydrogen-bond donors (Lipinski definition) is 0. The fourth-order valence-corrected chi connectivity index (χ4v) is 2.94. The second-order valence-electron chi connectivity index (χ2n) is 4.64. The fourth-order valence-electron chi connectivity index (χ4n) is 2.11. The van der Waals surface area contributed by atoms with E-state index < -0.39 is 0 Å². The monoisotopic (exact) mass is 349 g/mol. The molecule has 0 heterocycles. The Hall–Kier alpha value is -1.46. The number of anilines is 1. The van der Waals surface area contributed by atoms with E-state index in [-0.39, 0.29) is 5.17 Å². The first-order valence-electron chi connectivity index (χ1n) is 6.45. The molecule has 6 heteroatoms. The van der Waals surface area contributed by atoms with Crippen molar-refractivity contribution < 1.29 is 5.11 Å². The van der Waals surface area contributed by atoms with Crippen LogP contribution in [0.4, 0.5) is 5.69 Å². The summed E-state index contributed by atoms with van der Waals surface area (Å²) in [5, 5.41) is 16.0. The fraction of sp³-hybridized carbons (Fsp3) is 0.125. The summed E-state index contributed by atoms with van der Waals surface area (Å²) in [7, 11) is 4.46. The van der Waals surface area contributed by atoms with Crippen molar-refractivity contribution >= 4 is 49.9 Å². The van der Waals surface area contributed by atoms with E-state index in [0.29, 0.717) is 5.02 Å². The number of para-hydroxylation sites is 1. The molecule has 0 spiro atoms. The smallest absolute Gasteiger partial charge is 0.0649 e. The van der Waals surface area contributed by atoms with Crippen LogP contribution in [0.1, 0.15) is 0 Å². The first-order valence-corrected chi connectivity index (χ1v) is 8.05. The molecule has 0 unspecified atom stereocenters. The normalized spacial score (nSPS) is 10.2. The standard InChI is InChI=1S/C16H15ClN2OS2/c1-18(2)19(16(20)22-11-21)15-9-4-3-8-14(15)12-6-5-7-13(17)10-12/h3-10,20H,1-2H3/p-1. The first-order chi connectivity index (χ1) is 10.5. The van der Waals surface area contributed by atoms with Gasteiger partial charge in [0.15, 0.2) is 0 Å². The van der Waals surface area contributed by atoms with Gasteiger partial charge in [-0.25, -0.2) is 5.01 Å². The number of halogens is 1. The predicted molar refractivity (Wildman–Crippen MR) is 98.3 cm³/mol. The molecule has 2 aromatic carbocycles. The molecule has 0 N–H and O–H groups in total. The van der Waals surface area contributed by atoms with Crippen molar-refractivity contribution in [1.29, 1.82) is 0 Å². The molecular weight excluding hydrogens is 336 g/mol. The highest BCUT2D eigenvalue weighted by atomic mass is 35.5. The van der Waals surface area contributed by atoms with Crippen molar-refractivity contribution in [1.82, 2.24) is 5.01 Å². The molecule has 114 valence electrons. The molecular formula is C16H14ClN2OS2-. The van der Waals surface area contributed by atoms with Gasteiger partial charge >= 0.3 is 0 Å². The lowest BCUT2D eigenvalue weighted by atomic mass is 10.0. The molecule has 0 radical (unpaired) electrons. The van der Waals surface area contributed by atoms with Crippen LogP contribution in [0.25, 0.3) is 11.1 Å². The maximum atomic E-state index is 12.3. The number of nitrogens with zero attached hydrogens (tertiary/aromatic N) is 2. The maximum absolute atomic E-state index is 12.3. The molecule has 0 saturated carbocycles. The van der Waals surface area contributed by atoms with Gasteiger partial charge in [0.25, 0.3) is 0 Å². The highest BCUT2D eigenvalue weighted by Crippen LogP contribution is 2.32. The van der Waals surface area contributed by atoms with Gasteiger partial charge in [0.1, 0.15) is 0 Å². The average molecular weight is 350 g/mol. The van der Waals surface area contributed by atoms with Gasteiger partial charge in [0, 0.05) is 34.2 Å². The Balaban J connectivity index is 2.65. The molecule has 2 aromatic rings. The van der Waals surface area contributed by atoms with Crippen LogP contribution in [0, 0.1) is 0 Å². The molecule has 0 atom stereocenters. The molecule has 0 saturated heterocycles. The highest BCUT2D eigenvalue weighted by molar-refractivity contribution is 8.04. The van der Waals surface area contributed by atoms with E-state index in [1.54, 1.807) is 24.1 Å². The second kappa shape index (κ2) is 7.70. The van der Waals surface area contributed by atoms with Crippen molar-refractivity contribution in [2.24, 2.45) is 0 Å². The number of hydrazine groups is 1. The van der Waals surface area contributed by atoms with E-state index in [1.807, 2.05) is 48.5 Å². The summed E-state index contributed by atoms with van der Waals surface area (Å²) in [4.78, 5) is 0. The van der Waals surface area contributed by atoms with E-state index in [9.17, 15) is 5.11 Å². The van der Waals surface area contributed by atoms with Gasteiger partial charge in [0.2, 0.25) is 0 Å². The molecule has 3 nitrogen and oxygen atoms in total. The summed E-state index contributed by atoms with van der Waals surface area (Å²) in [6, 6.07) is 15.2. The molecule has 0 fully saturated rings. The zero-order valence-corrected chi connectivity index (χ0v) is 14.5. The zero-order valence-electron chi connectivity index (χ0n) is 12.1. The first kappa shape index (κ1) is 16.9. The van der Waals surface area contributed by atoms with E-state index in [2.05, 4.69) is 16.5 Å². The molecule has 0 aromatic heterocycles. The Kier molecular flexibility index (Phi) is 5.91. The predicted octanol–water partition coefficient (Wildman–Crippen LogP) is 3.31. The summed E-state index contributed by atoms with van der Waals surface area (Å²) >= 11 is 10.7. The molecule has 2 rings (SSSR count). The third-order valence-electron chi connectivity index (χ3n) is 2.97. The number of benzene rings is 2. The van der Waals surface area contributed by atoms with Crippen molar-refractivity contribution in [2.45, 2.75) is 0 Å². The molecule has 0 aliphatic rings. The summed E-state index contributed by atoms with van der Waals surface area (Å²) in [6.45, 7) is 0. The van der Waals surface area contributed by atoms with Crippen molar-refractivity contribution in [2.75, 3.05) is 19.1 Å². The average Bonchev–Trinajstić information content (AvgIpc) is 2.48. The third kappa shape index (κ3) is 3.84. The van der Waals surface area contributed by atoms with E-state index in [0.717, 1.165) is 27.8 Å². The Morgan fingerprint density at radius 1 is 1.18 bits per heavy atom. The second-order valence-corrected chi connectivity index (χ2v) is 6.29. The highest BCUT2D eigenvalue weighted by Gasteiger charge is 2.14. The lowest BCUT2D eigenvalue weighted by Crippen LogP contribution is -2.47. The van der Waals surface area contributed by atoms with Gasteiger partial charge in [-0.15, -0.1) is 0 Å². The van der Waals surface area contributed by atoms with Crippen molar-refractivity contribution in [3.05, 3.63) is 53.6 Å². The Labute approximate surface area is 143 Å². The Bertz CT molecular complexity index is 766. The maximum Gasteiger partial charge on any atom is 0.0649 e. The molecule has 22 heavy (non-hydrogen) atoms. The lowest BCUT2D eigenvalue weighted by Gasteiger charge is -2.36. The van der Waals surface area contributed by atoms with E-state index in [1.165, 1.54) is 0 Å². The molecule has 0 aliphatic carbocycles. The zero-order chi connectivity index (χ0) is 16.1. The van der Waals surface area contributed by atoms with Crippen LogP contribution >= 0.6 is 34.8 Å². The van der Waals surface area contributed by atoms with Crippen LogP contribution in [0.15, 0.2) is 48.5 Å². The van der Waals surface area contributed by atoms with Gasteiger partial charge in [0.05, 0.1) is 5.69 Å². The molecule has 0 bridgehead atoms. The minimum absolute atomic E-state index is 0.213. The van der Waals surface area contributed by atoms with Gasteiger partial charge < -0.3 is 5.11 Å². The SMILES string of the molecule is CN(C)N(C([O-])=S=C=S)c1ccccc1-c1cccc(Cl)c1. The molecule has 0 amide bonds. The van der Waals surface area contributed by atoms with Gasteiger partial charge in [-0.2, -0.15) is 0 Å². The number of hydrogen-bond acceptors (Lipinski definition) is 3. The van der Waals surface area contributed by atoms with Crippen LogP contribution in [0.2, 0.25) is 5.02 Å². The summed E-state index contributed by atoms with van der Waals surface area (Å²) in [5.74, 6) is 0. The minimum Gasteiger partial charge on any atom is -0.804 e. The van der Waals surface area contributed by atoms with Gasteiger partial charge in [-0.3, -0.25) is 5.01 Å². The van der Waals surface area contributed by atoms with Crippen LogP contribution < -0.4 is 10.1 Å². The molecule has 0 aliphatic heterocycles. The van der Waals surface area contributed by atoms with Crippen LogP contribution in [-0.2, 0) is 0 Å². The van der Waals surface area contributed by atoms with Crippen LogP contribution in [-0.4, -0.2) is 28.6 Å². The van der Waals surface area contributed by atoms with E-state index in [4.69, 9.17) is 11.6 Å². The van der Waals surface area contributed by atoms with E-state index >= 15 is 0 Å². The summed E-state index contributed by atoms with van der Waals surface area (Å²) < 4.78 is 2.40. The quantitative estimate of drug-likeness (QED) is 0.628. The number of thiocarbonyl (C=S) groups is 1. The lowest BCUT2D eigenvalue weighted by molar-refractivity contribution is -0.214. The minimum atomic E-state index is -0.213. The van der Waals surface area contributed by atoms with Gasteiger partial charge in [-0.05, 0) is 36.0 Å². The topological polar surface area (TPSA) is 29.5 Å². The van der Waals surface area contributed by atoms with Crippen molar-refractivity contribution in [3.8, 4) is 11.1 Å². The summed E-state index contributed by atoms with van der Waals surface area (Å²) in [5.41, 5.74) is 2.62. The summed E-state index contributed by atoms with van der Waals surface area (Å²) in [6.07, 6.45) is 0. The third-order valence-corrected chi connectivity index (χ3v) is 3.89. The number of rotatable bonds is 3. The Morgan fingerprint density at radius 3 is 2.55 bits per heavy atom.